The summed E-state index contributed by atoms with van der Waals surface area (Å²) >= 11 is 11.5. The summed E-state index contributed by atoms with van der Waals surface area (Å²) in [5.41, 5.74) is -0.0863. The van der Waals surface area contributed by atoms with Gasteiger partial charge < -0.3 is 41.5 Å². The lowest BCUT2D eigenvalue weighted by Gasteiger charge is -2.43. The fourth-order valence-corrected chi connectivity index (χ4v) is 6.90. The van der Waals surface area contributed by atoms with Gasteiger partial charge in [0.1, 0.15) is 29.8 Å². The standard InChI is InChI=1S/C23H25N4O12PS2/c1-15(28)24-16-2-7-20(21(12-16)38-22(29)13-18(39-27(33)34)14-36-26(31)32)23(30)37-17-3-5-19(6-4-17)40(41,42)25-8-10-35-11-9-25/h2-7,12,18H,8-11,13-14H2,1H3,(H,24,28)(H,41,42)/p-1. The predicted octanol–water partition coefficient (Wildman–Crippen LogP) is 1.76. The van der Waals surface area contributed by atoms with Crippen molar-refractivity contribution in [1.29, 1.82) is 0 Å². The molecule has 19 heteroatoms. The number of rotatable bonds is 13. The summed E-state index contributed by atoms with van der Waals surface area (Å²) in [7, 11) is 0. The van der Waals surface area contributed by atoms with E-state index in [0.29, 0.717) is 26.3 Å². The summed E-state index contributed by atoms with van der Waals surface area (Å²) in [5.74, 6) is -2.79. The van der Waals surface area contributed by atoms with Gasteiger partial charge in [-0.15, -0.1) is 32.0 Å². The van der Waals surface area contributed by atoms with Gasteiger partial charge in [-0.3, -0.25) is 14.3 Å². The zero-order chi connectivity index (χ0) is 30.9. The van der Waals surface area contributed by atoms with E-state index >= 15 is 0 Å². The second-order valence-corrected chi connectivity index (χ2v) is 14.5. The first kappa shape index (κ1) is 32.7. The van der Waals surface area contributed by atoms with Gasteiger partial charge in [0.15, 0.2) is 0 Å². The van der Waals surface area contributed by atoms with Gasteiger partial charge in [-0.1, -0.05) is 17.5 Å². The highest BCUT2D eigenvalue weighted by atomic mass is 32.9. The molecule has 1 aliphatic heterocycles. The summed E-state index contributed by atoms with van der Waals surface area (Å²) in [4.78, 5) is 66.6. The Morgan fingerprint density at radius 3 is 2.36 bits per heavy atom. The number of benzene rings is 2. The SMILES string of the molecule is CC(=O)Nc1ccc(C(=O)Oc2ccc(P(=S)([S-])N3CCOCC3)cc2)c(OC(=O)CC(CO[N+](=O)[O-])O[N+](=O)[O-])c1. The minimum absolute atomic E-state index is 0.135. The summed E-state index contributed by atoms with van der Waals surface area (Å²) in [6.45, 7) is 2.60. The molecule has 2 aromatic carbocycles. The fraction of sp³-hybridized carbons (Fsp3) is 0.348. The summed E-state index contributed by atoms with van der Waals surface area (Å²) < 4.78 is 18.0. The smallest absolute Gasteiger partial charge is 0.347 e. The molecule has 1 fully saturated rings. The number of esters is 2. The van der Waals surface area contributed by atoms with Crippen molar-refractivity contribution >= 4 is 58.3 Å². The van der Waals surface area contributed by atoms with E-state index in [0.717, 1.165) is 11.4 Å². The fourth-order valence-electron chi connectivity index (χ4n) is 3.64. The average Bonchev–Trinajstić information content (AvgIpc) is 2.92. The molecule has 1 heterocycles. The van der Waals surface area contributed by atoms with Crippen LogP contribution in [-0.2, 0) is 48.1 Å². The molecule has 16 nitrogen and oxygen atoms in total. The van der Waals surface area contributed by atoms with Crippen molar-refractivity contribution in [2.75, 3.05) is 38.2 Å². The van der Waals surface area contributed by atoms with Crippen molar-refractivity contribution in [2.45, 2.75) is 19.4 Å². The minimum Gasteiger partial charge on any atom is -0.727 e. The van der Waals surface area contributed by atoms with Crippen LogP contribution >= 0.6 is 5.39 Å². The molecule has 2 unspecified atom stereocenters. The Hall–Kier alpha value is -3.83. The first-order valence-electron chi connectivity index (χ1n) is 12.0. The zero-order valence-corrected chi connectivity index (χ0v) is 24.4. The highest BCUT2D eigenvalue weighted by molar-refractivity contribution is 8.56. The Kier molecular flexibility index (Phi) is 11.6. The van der Waals surface area contributed by atoms with Crippen LogP contribution < -0.4 is 20.1 Å². The summed E-state index contributed by atoms with van der Waals surface area (Å²) in [5, 5.41) is 19.4. The van der Waals surface area contributed by atoms with Gasteiger partial charge in [0, 0.05) is 31.8 Å². The van der Waals surface area contributed by atoms with Crippen LogP contribution in [0.4, 0.5) is 5.69 Å². The monoisotopic (exact) mass is 643 g/mol. The van der Waals surface area contributed by atoms with E-state index in [2.05, 4.69) is 15.0 Å². The second kappa shape index (κ2) is 14.9. The van der Waals surface area contributed by atoms with Crippen molar-refractivity contribution in [3.05, 3.63) is 68.3 Å². The molecule has 1 N–H and O–H groups in total. The normalized spacial score (nSPS) is 15.4. The molecular weight excluding hydrogens is 619 g/mol. The molecule has 0 aliphatic carbocycles. The number of morpholine rings is 1. The van der Waals surface area contributed by atoms with Crippen LogP contribution in [0.3, 0.4) is 0 Å². The van der Waals surface area contributed by atoms with Crippen molar-refractivity contribution in [3.63, 3.8) is 0 Å². The molecule has 226 valence electrons. The molecule has 2 atom stereocenters. The quantitative estimate of drug-likeness (QED) is 0.0826. The number of ether oxygens (including phenoxy) is 3. The lowest BCUT2D eigenvalue weighted by atomic mass is 10.1. The minimum atomic E-state index is -2.47. The van der Waals surface area contributed by atoms with E-state index in [4.69, 9.17) is 38.3 Å². The highest BCUT2D eigenvalue weighted by Gasteiger charge is 2.24. The van der Waals surface area contributed by atoms with Crippen molar-refractivity contribution in [3.8, 4) is 11.5 Å². The van der Waals surface area contributed by atoms with E-state index in [1.807, 2.05) is 4.67 Å². The van der Waals surface area contributed by atoms with Gasteiger partial charge >= 0.3 is 11.9 Å². The molecule has 2 aromatic rings. The Morgan fingerprint density at radius 1 is 1.10 bits per heavy atom. The second-order valence-electron chi connectivity index (χ2n) is 8.51. The van der Waals surface area contributed by atoms with Crippen molar-refractivity contribution < 1.29 is 48.4 Å². The van der Waals surface area contributed by atoms with Crippen molar-refractivity contribution in [2.24, 2.45) is 0 Å². The largest absolute Gasteiger partial charge is 0.727 e. The van der Waals surface area contributed by atoms with Crippen LogP contribution in [0.2, 0.25) is 0 Å². The number of carbonyl (C=O) groups is 3. The van der Waals surface area contributed by atoms with Crippen LogP contribution in [0.5, 0.6) is 11.5 Å². The Labute approximate surface area is 248 Å². The maximum Gasteiger partial charge on any atom is 0.347 e. The van der Waals surface area contributed by atoms with Crippen LogP contribution in [0.25, 0.3) is 0 Å². The molecule has 1 saturated heterocycles. The molecular formula is C23H24N4O12PS2-. The average molecular weight is 644 g/mol. The third kappa shape index (κ3) is 9.63. The van der Waals surface area contributed by atoms with Crippen LogP contribution in [0.15, 0.2) is 42.5 Å². The van der Waals surface area contributed by atoms with E-state index in [1.165, 1.54) is 31.2 Å². The van der Waals surface area contributed by atoms with Crippen LogP contribution in [-0.4, -0.2) is 71.7 Å². The first-order valence-corrected chi connectivity index (χ1v) is 15.8. The molecule has 0 bridgehead atoms. The Balaban J connectivity index is 1.78. The number of anilines is 1. The van der Waals surface area contributed by atoms with Gasteiger partial charge in [-0.2, -0.15) is 0 Å². The van der Waals surface area contributed by atoms with E-state index < -0.39 is 52.5 Å². The van der Waals surface area contributed by atoms with E-state index in [-0.39, 0.29) is 22.7 Å². The molecule has 0 saturated carbocycles. The molecule has 1 amide bonds. The molecule has 1 aliphatic rings. The summed E-state index contributed by atoms with van der Waals surface area (Å²) in [6, 6.07) is 10.1. The summed E-state index contributed by atoms with van der Waals surface area (Å²) in [6.07, 6.45) is -2.54. The first-order chi connectivity index (χ1) is 19.8. The Morgan fingerprint density at radius 2 is 1.76 bits per heavy atom. The third-order valence-electron chi connectivity index (χ3n) is 5.47. The van der Waals surface area contributed by atoms with Gasteiger partial charge in [-0.25, -0.2) is 4.79 Å². The molecule has 0 spiro atoms. The number of nitrogens with one attached hydrogen (secondary N) is 1. The zero-order valence-electron chi connectivity index (χ0n) is 21.9. The maximum absolute atomic E-state index is 13.1. The molecule has 0 aromatic heterocycles. The lowest BCUT2D eigenvalue weighted by Crippen LogP contribution is -2.35. The van der Waals surface area contributed by atoms with E-state index in [1.54, 1.807) is 12.1 Å². The molecule has 42 heavy (non-hydrogen) atoms. The Bertz CT molecular complexity index is 1390. The number of amides is 1. The van der Waals surface area contributed by atoms with Crippen LogP contribution in [0.1, 0.15) is 23.7 Å². The number of hydrogen-bond acceptors (Lipinski definition) is 14. The highest BCUT2D eigenvalue weighted by Crippen LogP contribution is 2.46. The topological polar surface area (TPSA) is 199 Å². The van der Waals surface area contributed by atoms with Crippen LogP contribution in [0, 0.1) is 20.2 Å². The lowest BCUT2D eigenvalue weighted by molar-refractivity contribution is -0.789. The van der Waals surface area contributed by atoms with Gasteiger partial charge in [0.25, 0.3) is 10.2 Å². The van der Waals surface area contributed by atoms with Gasteiger partial charge in [-0.05, 0) is 29.6 Å². The number of hydrogen-bond donors (Lipinski definition) is 1. The molecule has 0 radical (unpaired) electrons. The third-order valence-corrected chi connectivity index (χ3v) is 10.2. The number of carbonyl (C=O) groups excluding carboxylic acids is 3. The van der Waals surface area contributed by atoms with E-state index in [9.17, 15) is 34.6 Å². The number of nitrogens with zero attached hydrogens (tertiary/aromatic N) is 3. The maximum atomic E-state index is 13.1. The van der Waals surface area contributed by atoms with Crippen molar-refractivity contribution in [1.82, 2.24) is 4.67 Å². The predicted molar refractivity (Wildman–Crippen MR) is 151 cm³/mol. The van der Waals surface area contributed by atoms with Gasteiger partial charge in [0.05, 0.1) is 19.6 Å². The van der Waals surface area contributed by atoms with Gasteiger partial charge in [0.2, 0.25) is 5.91 Å². The molecule has 3 rings (SSSR count).